The van der Waals surface area contributed by atoms with Gasteiger partial charge in [0.2, 0.25) is 0 Å². The molecule has 0 radical (unpaired) electrons. The fraction of sp³-hybridized carbons (Fsp3) is 0.217. The van der Waals surface area contributed by atoms with Gasteiger partial charge in [-0.25, -0.2) is 0 Å². The lowest BCUT2D eigenvalue weighted by Gasteiger charge is -2.43. The fourth-order valence-electron chi connectivity index (χ4n) is 3.78. The molecule has 0 spiro atoms. The molecule has 1 aliphatic rings. The van der Waals surface area contributed by atoms with Gasteiger partial charge in [-0.05, 0) is 48.0 Å². The van der Waals surface area contributed by atoms with Crippen LogP contribution < -0.4 is 4.90 Å². The summed E-state index contributed by atoms with van der Waals surface area (Å²) in [4.78, 5) is 21.2. The first-order valence-electron chi connectivity index (χ1n) is 9.64. The maximum Gasteiger partial charge on any atom is 0.178 e. The van der Waals surface area contributed by atoms with Gasteiger partial charge in [0.1, 0.15) is 0 Å². The van der Waals surface area contributed by atoms with Crippen LogP contribution in [0.15, 0.2) is 67.0 Å². The number of rotatable bonds is 5. The lowest BCUT2D eigenvalue weighted by molar-refractivity contribution is 0.0914. The van der Waals surface area contributed by atoms with Crippen LogP contribution in [0.2, 0.25) is 15.1 Å². The average molecular weight is 461 g/mol. The van der Waals surface area contributed by atoms with E-state index >= 15 is 0 Å². The van der Waals surface area contributed by atoms with Crippen molar-refractivity contribution < 1.29 is 4.79 Å². The molecule has 0 amide bonds. The molecular weight excluding hydrogens is 441 g/mol. The van der Waals surface area contributed by atoms with Crippen LogP contribution in [-0.4, -0.2) is 41.8 Å². The summed E-state index contributed by atoms with van der Waals surface area (Å²) >= 11 is 18.7. The van der Waals surface area contributed by atoms with Gasteiger partial charge in [0.05, 0.1) is 23.3 Å². The number of pyridine rings is 1. The molecule has 4 nitrogen and oxygen atoms in total. The Morgan fingerprint density at radius 2 is 1.77 bits per heavy atom. The number of Topliss-reactive ketones (excluding diaryl/α,β-unsaturated/α-hetero) is 1. The monoisotopic (exact) mass is 459 g/mol. The molecule has 0 bridgehead atoms. The Kier molecular flexibility index (Phi) is 6.59. The lowest BCUT2D eigenvalue weighted by Crippen LogP contribution is -2.50. The molecule has 1 aliphatic heterocycles. The maximum absolute atomic E-state index is 12.7. The van der Waals surface area contributed by atoms with Crippen LogP contribution in [-0.2, 0) is 0 Å². The van der Waals surface area contributed by atoms with Gasteiger partial charge in [0.15, 0.2) is 5.78 Å². The number of carbonyl (C=O) groups excluding carboxylic acids is 1. The minimum absolute atomic E-state index is 0.0244. The lowest BCUT2D eigenvalue weighted by atomic mass is 10.0. The number of ketones is 1. The molecule has 2 heterocycles. The molecule has 0 saturated carbocycles. The van der Waals surface area contributed by atoms with E-state index in [9.17, 15) is 4.79 Å². The van der Waals surface area contributed by atoms with Crippen LogP contribution in [0.4, 0.5) is 5.69 Å². The van der Waals surface area contributed by atoms with Crippen molar-refractivity contribution in [3.63, 3.8) is 0 Å². The first-order valence-corrected chi connectivity index (χ1v) is 10.8. The second-order valence-corrected chi connectivity index (χ2v) is 8.54. The van der Waals surface area contributed by atoms with E-state index in [0.717, 1.165) is 24.3 Å². The highest BCUT2D eigenvalue weighted by Crippen LogP contribution is 2.36. The highest BCUT2D eigenvalue weighted by molar-refractivity contribution is 6.36. The van der Waals surface area contributed by atoms with Gasteiger partial charge in [-0.3, -0.25) is 14.7 Å². The van der Waals surface area contributed by atoms with E-state index < -0.39 is 0 Å². The van der Waals surface area contributed by atoms with Gasteiger partial charge >= 0.3 is 0 Å². The normalized spacial score (nSPS) is 17.2. The zero-order valence-corrected chi connectivity index (χ0v) is 18.4. The van der Waals surface area contributed by atoms with Crippen molar-refractivity contribution in [1.29, 1.82) is 0 Å². The Morgan fingerprint density at radius 3 is 2.47 bits per heavy atom. The predicted octanol–water partition coefficient (Wildman–Crippen LogP) is 5.79. The number of nitrogens with zero attached hydrogens (tertiary/aromatic N) is 3. The molecule has 3 aromatic rings. The Morgan fingerprint density at radius 1 is 1.00 bits per heavy atom. The van der Waals surface area contributed by atoms with Crippen LogP contribution in [0, 0.1) is 0 Å². The number of hydrogen-bond donors (Lipinski definition) is 0. The molecular formula is C23H20Cl3N3O. The quantitative estimate of drug-likeness (QED) is 0.452. The third kappa shape index (κ3) is 4.79. The molecule has 1 fully saturated rings. The highest BCUT2D eigenvalue weighted by Gasteiger charge is 2.30. The second kappa shape index (κ2) is 9.36. The first kappa shape index (κ1) is 21.1. The number of hydrogen-bond acceptors (Lipinski definition) is 4. The molecule has 1 aromatic heterocycles. The number of halogens is 3. The summed E-state index contributed by atoms with van der Waals surface area (Å²) in [7, 11) is 0. The topological polar surface area (TPSA) is 36.4 Å². The van der Waals surface area contributed by atoms with Crippen molar-refractivity contribution in [2.45, 2.75) is 6.04 Å². The summed E-state index contributed by atoms with van der Waals surface area (Å²) in [5, 5.41) is 1.91. The van der Waals surface area contributed by atoms with Gasteiger partial charge in [-0.2, -0.15) is 0 Å². The van der Waals surface area contributed by atoms with Gasteiger partial charge < -0.3 is 4.90 Å². The van der Waals surface area contributed by atoms with Crippen molar-refractivity contribution in [2.75, 3.05) is 31.1 Å². The fourth-order valence-corrected chi connectivity index (χ4v) is 4.42. The molecule has 1 atom stereocenters. The number of piperazine rings is 1. The smallest absolute Gasteiger partial charge is 0.178 e. The van der Waals surface area contributed by atoms with Gasteiger partial charge in [-0.1, -0.05) is 46.9 Å². The number of benzene rings is 2. The van der Waals surface area contributed by atoms with Crippen LogP contribution in [0.5, 0.6) is 0 Å². The summed E-state index contributed by atoms with van der Waals surface area (Å²) in [6, 6.07) is 17.0. The van der Waals surface area contributed by atoms with E-state index in [1.807, 2.05) is 36.4 Å². The van der Waals surface area contributed by atoms with E-state index in [4.69, 9.17) is 34.8 Å². The van der Waals surface area contributed by atoms with E-state index in [1.54, 1.807) is 30.6 Å². The molecule has 1 saturated heterocycles. The summed E-state index contributed by atoms with van der Waals surface area (Å²) in [5.41, 5.74) is 2.67. The second-order valence-electron chi connectivity index (χ2n) is 7.26. The van der Waals surface area contributed by atoms with E-state index in [1.165, 1.54) is 0 Å². The van der Waals surface area contributed by atoms with Crippen LogP contribution >= 0.6 is 34.8 Å². The summed E-state index contributed by atoms with van der Waals surface area (Å²) < 4.78 is 0. The van der Waals surface area contributed by atoms with Gasteiger partial charge in [-0.15, -0.1) is 0 Å². The summed E-state index contributed by atoms with van der Waals surface area (Å²) in [5.74, 6) is 0.0657. The molecule has 154 valence electrons. The number of carbonyl (C=O) groups is 1. The molecule has 4 rings (SSSR count). The Balaban J connectivity index is 1.60. The van der Waals surface area contributed by atoms with Gasteiger partial charge in [0, 0.05) is 47.6 Å². The van der Waals surface area contributed by atoms with Gasteiger partial charge in [0.25, 0.3) is 0 Å². The Hall–Kier alpha value is -2.11. The first-order chi connectivity index (χ1) is 14.5. The molecule has 30 heavy (non-hydrogen) atoms. The third-order valence-corrected chi connectivity index (χ3v) is 6.08. The minimum Gasteiger partial charge on any atom is -0.361 e. The van der Waals surface area contributed by atoms with E-state index in [0.29, 0.717) is 33.7 Å². The standard InChI is InChI=1S/C23H20Cl3N3O/c24-18-5-3-16(4-6-18)22-14-28(15-23(30)17-2-1-9-27-13-17)10-11-29(22)21-8-7-19(25)12-20(21)26/h1-9,12-13,22H,10-11,14-15H2/t22-/m0/s1. The van der Waals surface area contributed by atoms with E-state index in [-0.39, 0.29) is 11.8 Å². The minimum atomic E-state index is 0.0244. The average Bonchev–Trinajstić information content (AvgIpc) is 2.75. The zero-order valence-electron chi connectivity index (χ0n) is 16.1. The number of anilines is 1. The van der Waals surface area contributed by atoms with Crippen molar-refractivity contribution in [3.8, 4) is 0 Å². The largest absolute Gasteiger partial charge is 0.361 e. The molecule has 0 aliphatic carbocycles. The SMILES string of the molecule is O=C(CN1CCN(c2ccc(Cl)cc2Cl)[C@H](c2ccc(Cl)cc2)C1)c1cccnc1. The Labute approximate surface area is 191 Å². The van der Waals surface area contributed by atoms with Crippen LogP contribution in [0.1, 0.15) is 22.0 Å². The number of aromatic nitrogens is 1. The van der Waals surface area contributed by atoms with Crippen molar-refractivity contribution >= 4 is 46.3 Å². The van der Waals surface area contributed by atoms with Crippen molar-refractivity contribution in [3.05, 3.63) is 93.2 Å². The molecule has 7 heteroatoms. The predicted molar refractivity (Wildman–Crippen MR) is 123 cm³/mol. The Bertz CT molecular complexity index is 1030. The zero-order chi connectivity index (χ0) is 21.1. The van der Waals surface area contributed by atoms with E-state index in [2.05, 4.69) is 14.8 Å². The van der Waals surface area contributed by atoms with Crippen molar-refractivity contribution in [1.82, 2.24) is 9.88 Å². The third-order valence-electron chi connectivity index (χ3n) is 5.29. The van der Waals surface area contributed by atoms with Crippen LogP contribution in [0.3, 0.4) is 0 Å². The highest BCUT2D eigenvalue weighted by atomic mass is 35.5. The molecule has 0 unspecified atom stereocenters. The molecule has 2 aromatic carbocycles. The summed E-state index contributed by atoms with van der Waals surface area (Å²) in [6.07, 6.45) is 3.28. The maximum atomic E-state index is 12.7. The summed E-state index contributed by atoms with van der Waals surface area (Å²) in [6.45, 7) is 2.51. The molecule has 0 N–H and O–H groups in total. The van der Waals surface area contributed by atoms with Crippen LogP contribution in [0.25, 0.3) is 0 Å². The van der Waals surface area contributed by atoms with Crippen molar-refractivity contribution in [2.24, 2.45) is 0 Å².